The Balaban J connectivity index is 2.67. The van der Waals surface area contributed by atoms with Crippen LogP contribution in [0.15, 0.2) is 23.8 Å². The SMILES string of the molecule is CC=CC1=CC[C@@H](CCl)CC1=O. The molecule has 0 aromatic carbocycles. The topological polar surface area (TPSA) is 17.1 Å². The van der Waals surface area contributed by atoms with Crippen LogP contribution in [-0.4, -0.2) is 11.7 Å². The van der Waals surface area contributed by atoms with Gasteiger partial charge in [-0.05, 0) is 19.3 Å². The maximum atomic E-state index is 11.4. The zero-order valence-corrected chi connectivity index (χ0v) is 7.97. The number of hydrogen-bond acceptors (Lipinski definition) is 1. The molecule has 66 valence electrons. The third-order valence-electron chi connectivity index (χ3n) is 2.03. The molecule has 0 saturated carbocycles. The number of halogens is 1. The monoisotopic (exact) mass is 184 g/mol. The fourth-order valence-corrected chi connectivity index (χ4v) is 1.56. The van der Waals surface area contributed by atoms with Crippen LogP contribution in [0.2, 0.25) is 0 Å². The van der Waals surface area contributed by atoms with Gasteiger partial charge in [0, 0.05) is 17.9 Å². The van der Waals surface area contributed by atoms with Gasteiger partial charge in [-0.2, -0.15) is 0 Å². The van der Waals surface area contributed by atoms with Crippen molar-refractivity contribution in [2.75, 3.05) is 5.88 Å². The average molecular weight is 185 g/mol. The van der Waals surface area contributed by atoms with E-state index in [-0.39, 0.29) is 5.78 Å². The molecule has 12 heavy (non-hydrogen) atoms. The van der Waals surface area contributed by atoms with E-state index in [1.165, 1.54) is 0 Å². The number of rotatable bonds is 2. The van der Waals surface area contributed by atoms with E-state index in [9.17, 15) is 4.79 Å². The van der Waals surface area contributed by atoms with Gasteiger partial charge in [0.05, 0.1) is 0 Å². The third-order valence-corrected chi connectivity index (χ3v) is 2.47. The Bertz CT molecular complexity index is 228. The summed E-state index contributed by atoms with van der Waals surface area (Å²) < 4.78 is 0. The first-order valence-electron chi connectivity index (χ1n) is 4.20. The van der Waals surface area contributed by atoms with Gasteiger partial charge in [0.15, 0.2) is 5.78 Å². The van der Waals surface area contributed by atoms with Crippen LogP contribution in [0.5, 0.6) is 0 Å². The van der Waals surface area contributed by atoms with Crippen molar-refractivity contribution in [2.24, 2.45) is 5.92 Å². The molecule has 0 radical (unpaired) electrons. The number of hydrogen-bond donors (Lipinski definition) is 0. The van der Waals surface area contributed by atoms with Crippen molar-refractivity contribution in [1.82, 2.24) is 0 Å². The first kappa shape index (κ1) is 9.53. The fraction of sp³-hybridized carbons (Fsp3) is 0.500. The summed E-state index contributed by atoms with van der Waals surface area (Å²) >= 11 is 5.67. The number of ketones is 1. The van der Waals surface area contributed by atoms with Crippen LogP contribution < -0.4 is 0 Å². The molecule has 1 rings (SSSR count). The van der Waals surface area contributed by atoms with Gasteiger partial charge in [-0.25, -0.2) is 0 Å². The molecule has 0 saturated heterocycles. The summed E-state index contributed by atoms with van der Waals surface area (Å²) in [4.78, 5) is 11.4. The second kappa shape index (κ2) is 4.46. The van der Waals surface area contributed by atoms with Crippen LogP contribution in [0, 0.1) is 5.92 Å². The van der Waals surface area contributed by atoms with E-state index in [0.29, 0.717) is 18.2 Å². The van der Waals surface area contributed by atoms with Crippen molar-refractivity contribution in [3.63, 3.8) is 0 Å². The van der Waals surface area contributed by atoms with Crippen LogP contribution >= 0.6 is 11.6 Å². The normalized spacial score (nSPS) is 24.7. The molecule has 0 unspecified atom stereocenters. The van der Waals surface area contributed by atoms with Crippen molar-refractivity contribution in [2.45, 2.75) is 19.8 Å². The molecule has 0 heterocycles. The average Bonchev–Trinajstić information content (AvgIpc) is 2.09. The summed E-state index contributed by atoms with van der Waals surface area (Å²) in [7, 11) is 0. The maximum absolute atomic E-state index is 11.4. The molecule has 1 nitrogen and oxygen atoms in total. The van der Waals surface area contributed by atoms with Crippen LogP contribution in [-0.2, 0) is 4.79 Å². The van der Waals surface area contributed by atoms with Gasteiger partial charge in [-0.1, -0.05) is 18.2 Å². The Morgan fingerprint density at radius 2 is 2.50 bits per heavy atom. The summed E-state index contributed by atoms with van der Waals surface area (Å²) in [6.45, 7) is 1.92. The van der Waals surface area contributed by atoms with Crippen LogP contribution in [0.3, 0.4) is 0 Å². The van der Waals surface area contributed by atoms with Crippen LogP contribution in [0.1, 0.15) is 19.8 Å². The maximum Gasteiger partial charge on any atom is 0.162 e. The molecule has 0 N–H and O–H groups in total. The molecular formula is C10H13ClO. The predicted octanol–water partition coefficient (Wildman–Crippen LogP) is 2.71. The lowest BCUT2D eigenvalue weighted by atomic mass is 9.90. The highest BCUT2D eigenvalue weighted by Gasteiger charge is 2.18. The van der Waals surface area contributed by atoms with Crippen molar-refractivity contribution in [3.05, 3.63) is 23.8 Å². The summed E-state index contributed by atoms with van der Waals surface area (Å²) in [5.41, 5.74) is 0.846. The largest absolute Gasteiger partial charge is 0.294 e. The van der Waals surface area contributed by atoms with Crippen molar-refractivity contribution < 1.29 is 4.79 Å². The lowest BCUT2D eigenvalue weighted by Gasteiger charge is -2.16. The quantitative estimate of drug-likeness (QED) is 0.604. The molecule has 0 bridgehead atoms. The van der Waals surface area contributed by atoms with Gasteiger partial charge in [-0.15, -0.1) is 11.6 Å². The Kier molecular flexibility index (Phi) is 3.54. The van der Waals surface area contributed by atoms with Gasteiger partial charge >= 0.3 is 0 Å². The number of carbonyl (C=O) groups excluding carboxylic acids is 1. The Morgan fingerprint density at radius 3 is 3.00 bits per heavy atom. The van der Waals surface area contributed by atoms with E-state index >= 15 is 0 Å². The molecule has 0 aromatic rings. The van der Waals surface area contributed by atoms with E-state index < -0.39 is 0 Å². The first-order chi connectivity index (χ1) is 5.77. The van der Waals surface area contributed by atoms with E-state index in [4.69, 9.17) is 11.6 Å². The van der Waals surface area contributed by atoms with Crippen LogP contribution in [0.4, 0.5) is 0 Å². The number of allylic oxidation sites excluding steroid dienone is 4. The molecule has 0 aliphatic heterocycles. The highest BCUT2D eigenvalue weighted by molar-refractivity contribution is 6.18. The Labute approximate surface area is 78.1 Å². The summed E-state index contributed by atoms with van der Waals surface area (Å²) in [6, 6.07) is 0. The van der Waals surface area contributed by atoms with E-state index in [0.717, 1.165) is 12.0 Å². The lowest BCUT2D eigenvalue weighted by Crippen LogP contribution is -2.15. The van der Waals surface area contributed by atoms with E-state index in [2.05, 4.69) is 0 Å². The minimum absolute atomic E-state index is 0.227. The van der Waals surface area contributed by atoms with Gasteiger partial charge < -0.3 is 0 Å². The number of carbonyl (C=O) groups is 1. The van der Waals surface area contributed by atoms with E-state index in [1.54, 1.807) is 0 Å². The molecule has 0 aromatic heterocycles. The Hall–Kier alpha value is -0.560. The first-order valence-corrected chi connectivity index (χ1v) is 4.73. The standard InChI is InChI=1S/C10H13ClO/c1-2-3-9-5-4-8(7-11)6-10(9)12/h2-3,5,8H,4,6-7H2,1H3/t8-/m1/s1. The minimum Gasteiger partial charge on any atom is -0.294 e. The number of alkyl halides is 1. The molecule has 1 aliphatic rings. The molecule has 1 atom stereocenters. The Morgan fingerprint density at radius 1 is 1.75 bits per heavy atom. The second-order valence-corrected chi connectivity index (χ2v) is 3.35. The zero-order chi connectivity index (χ0) is 8.97. The molecule has 0 fully saturated rings. The van der Waals surface area contributed by atoms with Crippen molar-refractivity contribution in [1.29, 1.82) is 0 Å². The highest BCUT2D eigenvalue weighted by Crippen LogP contribution is 2.22. The number of Topliss-reactive ketones (excluding diaryl/α,β-unsaturated/α-hetero) is 1. The molecule has 0 spiro atoms. The van der Waals surface area contributed by atoms with Gasteiger partial charge in [0.2, 0.25) is 0 Å². The fourth-order valence-electron chi connectivity index (χ4n) is 1.33. The van der Waals surface area contributed by atoms with Crippen LogP contribution in [0.25, 0.3) is 0 Å². The zero-order valence-electron chi connectivity index (χ0n) is 7.22. The smallest absolute Gasteiger partial charge is 0.162 e. The summed E-state index contributed by atoms with van der Waals surface area (Å²) in [5, 5.41) is 0. The van der Waals surface area contributed by atoms with Gasteiger partial charge in [0.25, 0.3) is 0 Å². The third kappa shape index (κ3) is 2.21. The summed E-state index contributed by atoms with van der Waals surface area (Å²) in [5.74, 6) is 1.17. The van der Waals surface area contributed by atoms with Crippen molar-refractivity contribution in [3.8, 4) is 0 Å². The lowest BCUT2D eigenvalue weighted by molar-refractivity contribution is -0.116. The summed E-state index contributed by atoms with van der Waals surface area (Å²) in [6.07, 6.45) is 7.30. The van der Waals surface area contributed by atoms with Crippen molar-refractivity contribution >= 4 is 17.4 Å². The van der Waals surface area contributed by atoms with Gasteiger partial charge in [-0.3, -0.25) is 4.79 Å². The molecule has 2 heteroatoms. The molecular weight excluding hydrogens is 172 g/mol. The molecule has 0 amide bonds. The highest BCUT2D eigenvalue weighted by atomic mass is 35.5. The molecule has 1 aliphatic carbocycles. The minimum atomic E-state index is 0.227. The van der Waals surface area contributed by atoms with E-state index in [1.807, 2.05) is 25.2 Å². The van der Waals surface area contributed by atoms with Gasteiger partial charge in [0.1, 0.15) is 0 Å². The second-order valence-electron chi connectivity index (χ2n) is 3.04. The predicted molar refractivity (Wildman–Crippen MR) is 51.3 cm³/mol.